The van der Waals surface area contributed by atoms with E-state index < -0.39 is 5.97 Å². The summed E-state index contributed by atoms with van der Waals surface area (Å²) in [5.41, 5.74) is 0.00811. The van der Waals surface area contributed by atoms with Gasteiger partial charge in [0.2, 0.25) is 12.2 Å². The van der Waals surface area contributed by atoms with Crippen LogP contribution in [0.25, 0.3) is 0 Å². The highest BCUT2D eigenvalue weighted by atomic mass is 35.5. The number of carboxylic acid groups (broad SMARTS) is 1. The molecule has 0 spiro atoms. The van der Waals surface area contributed by atoms with Crippen LogP contribution in [0.3, 0.4) is 0 Å². The zero-order chi connectivity index (χ0) is 13.8. The van der Waals surface area contributed by atoms with Gasteiger partial charge in [-0.1, -0.05) is 16.8 Å². The van der Waals surface area contributed by atoms with E-state index in [4.69, 9.17) is 26.2 Å². The highest BCUT2D eigenvalue weighted by Gasteiger charge is 2.16. The fraction of sp³-hybridized carbons (Fsp3) is 0.182. The maximum Gasteiger partial charge on any atom is 0.335 e. The molecule has 0 fully saturated rings. The van der Waals surface area contributed by atoms with Gasteiger partial charge in [-0.25, -0.2) is 4.79 Å². The van der Waals surface area contributed by atoms with Crippen molar-refractivity contribution in [3.05, 3.63) is 34.9 Å². The van der Waals surface area contributed by atoms with Crippen molar-refractivity contribution >= 4 is 17.6 Å². The standard InChI is InChI=1S/C11H9ClN2O5/c1-17-8-3-6(11(15)16)2-7(12)10(8)18-4-9-13-5-19-14-9/h2-3,5H,4H2,1H3,(H,15,16). The first-order valence-electron chi connectivity index (χ1n) is 5.10. The summed E-state index contributed by atoms with van der Waals surface area (Å²) in [6.07, 6.45) is 1.17. The molecule has 0 radical (unpaired) electrons. The number of ether oxygens (including phenoxy) is 2. The molecule has 0 saturated heterocycles. The fourth-order valence-corrected chi connectivity index (χ4v) is 1.64. The van der Waals surface area contributed by atoms with Gasteiger partial charge in [0.15, 0.2) is 18.1 Å². The molecule has 0 bridgehead atoms. The van der Waals surface area contributed by atoms with Crippen LogP contribution in [-0.4, -0.2) is 28.3 Å². The van der Waals surface area contributed by atoms with Gasteiger partial charge in [0.1, 0.15) is 0 Å². The predicted molar refractivity (Wildman–Crippen MR) is 63.6 cm³/mol. The first-order chi connectivity index (χ1) is 9.11. The van der Waals surface area contributed by atoms with Crippen LogP contribution in [0.2, 0.25) is 5.02 Å². The topological polar surface area (TPSA) is 94.7 Å². The Balaban J connectivity index is 2.26. The van der Waals surface area contributed by atoms with Crippen molar-refractivity contribution in [2.75, 3.05) is 7.11 Å². The number of benzene rings is 1. The van der Waals surface area contributed by atoms with Gasteiger partial charge in [-0.05, 0) is 12.1 Å². The van der Waals surface area contributed by atoms with Gasteiger partial charge in [0.25, 0.3) is 0 Å². The molecule has 2 aromatic rings. The number of halogens is 1. The lowest BCUT2D eigenvalue weighted by atomic mass is 10.2. The molecule has 0 aliphatic heterocycles. The van der Waals surface area contributed by atoms with Crippen LogP contribution in [0.1, 0.15) is 16.2 Å². The molecule has 0 saturated carbocycles. The minimum absolute atomic E-state index is 0.00811. The lowest BCUT2D eigenvalue weighted by molar-refractivity contribution is 0.0696. The van der Waals surface area contributed by atoms with Crippen LogP contribution < -0.4 is 9.47 Å². The van der Waals surface area contributed by atoms with E-state index in [-0.39, 0.29) is 28.7 Å². The third kappa shape index (κ3) is 2.94. The number of hydrogen-bond acceptors (Lipinski definition) is 6. The highest BCUT2D eigenvalue weighted by Crippen LogP contribution is 2.36. The minimum atomic E-state index is -1.11. The van der Waals surface area contributed by atoms with Gasteiger partial charge < -0.3 is 19.1 Å². The maximum atomic E-state index is 10.9. The predicted octanol–water partition coefficient (Wildman–Crippen LogP) is 2.01. The Morgan fingerprint density at radius 2 is 2.32 bits per heavy atom. The number of nitrogens with zero attached hydrogens (tertiary/aromatic N) is 2. The van der Waals surface area contributed by atoms with Crippen LogP contribution in [0, 0.1) is 0 Å². The molecule has 2 rings (SSSR count). The van der Waals surface area contributed by atoms with Crippen molar-refractivity contribution in [3.8, 4) is 11.5 Å². The second-order valence-corrected chi connectivity index (χ2v) is 3.84. The summed E-state index contributed by atoms with van der Waals surface area (Å²) in [6, 6.07) is 2.59. The van der Waals surface area contributed by atoms with Crippen molar-refractivity contribution in [2.45, 2.75) is 6.61 Å². The average molecular weight is 285 g/mol. The fourth-order valence-electron chi connectivity index (χ4n) is 1.38. The average Bonchev–Trinajstić information content (AvgIpc) is 2.89. The maximum absolute atomic E-state index is 10.9. The molecule has 0 aliphatic rings. The van der Waals surface area contributed by atoms with E-state index in [1.807, 2.05) is 0 Å². The minimum Gasteiger partial charge on any atom is -0.493 e. The van der Waals surface area contributed by atoms with E-state index in [0.717, 1.165) is 0 Å². The van der Waals surface area contributed by atoms with Crippen molar-refractivity contribution in [3.63, 3.8) is 0 Å². The van der Waals surface area contributed by atoms with Crippen LogP contribution in [-0.2, 0) is 6.61 Å². The van der Waals surface area contributed by atoms with Crippen molar-refractivity contribution < 1.29 is 23.9 Å². The third-order valence-corrected chi connectivity index (χ3v) is 2.51. The SMILES string of the molecule is COc1cc(C(=O)O)cc(Cl)c1OCc1ncon1. The van der Waals surface area contributed by atoms with E-state index in [1.165, 1.54) is 25.6 Å². The molecular weight excluding hydrogens is 276 g/mol. The normalized spacial score (nSPS) is 10.2. The van der Waals surface area contributed by atoms with E-state index in [2.05, 4.69) is 14.7 Å². The smallest absolute Gasteiger partial charge is 0.335 e. The van der Waals surface area contributed by atoms with Gasteiger partial charge >= 0.3 is 5.97 Å². The Kier molecular flexibility index (Phi) is 3.86. The number of aromatic carboxylic acids is 1. The molecule has 1 heterocycles. The molecule has 0 aliphatic carbocycles. The number of carboxylic acids is 1. The number of aromatic nitrogens is 2. The monoisotopic (exact) mass is 284 g/mol. The first-order valence-corrected chi connectivity index (χ1v) is 5.48. The first kappa shape index (κ1) is 13.2. The van der Waals surface area contributed by atoms with E-state index in [1.54, 1.807) is 0 Å². The summed E-state index contributed by atoms with van der Waals surface area (Å²) in [4.78, 5) is 14.7. The van der Waals surface area contributed by atoms with E-state index in [0.29, 0.717) is 5.82 Å². The Bertz CT molecular complexity index is 585. The van der Waals surface area contributed by atoms with Crippen LogP contribution >= 0.6 is 11.6 Å². The Morgan fingerprint density at radius 1 is 1.53 bits per heavy atom. The summed E-state index contributed by atoms with van der Waals surface area (Å²) < 4.78 is 15.0. The lowest BCUT2D eigenvalue weighted by Crippen LogP contribution is -2.03. The lowest BCUT2D eigenvalue weighted by Gasteiger charge is -2.11. The Hall–Kier alpha value is -2.28. The second kappa shape index (κ2) is 5.57. The summed E-state index contributed by atoms with van der Waals surface area (Å²) in [6.45, 7) is 0.0268. The molecule has 0 amide bonds. The van der Waals surface area contributed by atoms with Gasteiger partial charge in [0, 0.05) is 0 Å². The van der Waals surface area contributed by atoms with Crippen molar-refractivity contribution in [2.24, 2.45) is 0 Å². The highest BCUT2D eigenvalue weighted by molar-refractivity contribution is 6.32. The molecule has 0 atom stereocenters. The Labute approximate surface area is 112 Å². The number of carbonyl (C=O) groups is 1. The largest absolute Gasteiger partial charge is 0.493 e. The van der Waals surface area contributed by atoms with Crippen molar-refractivity contribution in [1.82, 2.24) is 10.1 Å². The molecule has 8 heteroatoms. The third-order valence-electron chi connectivity index (χ3n) is 2.23. The van der Waals surface area contributed by atoms with Crippen LogP contribution in [0.5, 0.6) is 11.5 Å². The van der Waals surface area contributed by atoms with Gasteiger partial charge in [-0.2, -0.15) is 4.98 Å². The number of rotatable bonds is 5. The second-order valence-electron chi connectivity index (χ2n) is 3.43. The van der Waals surface area contributed by atoms with Gasteiger partial charge in [-0.15, -0.1) is 0 Å². The van der Waals surface area contributed by atoms with E-state index in [9.17, 15) is 4.79 Å². The molecule has 1 N–H and O–H groups in total. The van der Waals surface area contributed by atoms with Gasteiger partial charge in [0.05, 0.1) is 17.7 Å². The van der Waals surface area contributed by atoms with Crippen molar-refractivity contribution in [1.29, 1.82) is 0 Å². The quantitative estimate of drug-likeness (QED) is 0.897. The Morgan fingerprint density at radius 3 is 2.89 bits per heavy atom. The zero-order valence-corrected chi connectivity index (χ0v) is 10.5. The summed E-state index contributed by atoms with van der Waals surface area (Å²) in [5, 5.41) is 12.6. The number of hydrogen-bond donors (Lipinski definition) is 1. The molecule has 1 aromatic carbocycles. The summed E-state index contributed by atoms with van der Waals surface area (Å²) >= 11 is 5.96. The molecular formula is C11H9ClN2O5. The molecule has 1 aromatic heterocycles. The summed E-state index contributed by atoms with van der Waals surface area (Å²) in [5.74, 6) is -0.335. The molecule has 100 valence electrons. The molecule has 7 nitrogen and oxygen atoms in total. The summed E-state index contributed by atoms with van der Waals surface area (Å²) in [7, 11) is 1.39. The molecule has 19 heavy (non-hydrogen) atoms. The van der Waals surface area contributed by atoms with Crippen LogP contribution in [0.4, 0.5) is 0 Å². The molecule has 0 unspecified atom stereocenters. The van der Waals surface area contributed by atoms with Crippen LogP contribution in [0.15, 0.2) is 23.0 Å². The zero-order valence-electron chi connectivity index (χ0n) is 9.79. The van der Waals surface area contributed by atoms with E-state index >= 15 is 0 Å². The van der Waals surface area contributed by atoms with Gasteiger partial charge in [-0.3, -0.25) is 0 Å². The number of methoxy groups -OCH3 is 1.